The van der Waals surface area contributed by atoms with Crippen molar-refractivity contribution in [2.24, 2.45) is 0 Å². The summed E-state index contributed by atoms with van der Waals surface area (Å²) in [5, 5.41) is 15.6. The van der Waals surface area contributed by atoms with Crippen LogP contribution in [0.3, 0.4) is 0 Å². The number of nitrogens with one attached hydrogen (secondary N) is 1. The van der Waals surface area contributed by atoms with Gasteiger partial charge in [0.2, 0.25) is 11.1 Å². The molecule has 1 aromatic carbocycles. The molecule has 0 spiro atoms. The van der Waals surface area contributed by atoms with Crippen molar-refractivity contribution in [3.8, 4) is 5.69 Å². The highest BCUT2D eigenvalue weighted by molar-refractivity contribution is 7.98. The van der Waals surface area contributed by atoms with Crippen molar-refractivity contribution < 1.29 is 4.79 Å². The number of carbonyl (C=O) groups is 1. The molecular weight excluding hydrogens is 348 g/mol. The summed E-state index contributed by atoms with van der Waals surface area (Å²) in [7, 11) is 0. The van der Waals surface area contributed by atoms with Gasteiger partial charge in [0.15, 0.2) is 0 Å². The summed E-state index contributed by atoms with van der Waals surface area (Å²) in [6, 6.07) is 11.0. The van der Waals surface area contributed by atoms with Crippen molar-refractivity contribution in [2.75, 3.05) is 5.32 Å². The number of carbonyl (C=O) groups excluding carboxylic acids is 1. The summed E-state index contributed by atoms with van der Waals surface area (Å²) in [5.41, 5.74) is 2.47. The predicted octanol–water partition coefficient (Wildman–Crippen LogP) is 2.96. The second-order valence-electron chi connectivity index (χ2n) is 4.88. The zero-order valence-electron chi connectivity index (χ0n) is 12.7. The van der Waals surface area contributed by atoms with E-state index in [1.165, 1.54) is 18.7 Å². The molecule has 0 atom stereocenters. The number of pyridine rings is 1. The summed E-state index contributed by atoms with van der Waals surface area (Å²) in [4.78, 5) is 15.2. The predicted molar refractivity (Wildman–Crippen MR) is 92.3 cm³/mol. The molecule has 0 aliphatic carbocycles. The van der Waals surface area contributed by atoms with E-state index in [1.807, 2.05) is 24.3 Å². The van der Waals surface area contributed by atoms with E-state index >= 15 is 0 Å². The molecule has 0 bridgehead atoms. The highest BCUT2D eigenvalue weighted by Crippen LogP contribution is 2.23. The molecule has 2 heterocycles. The Hall–Kier alpha value is -2.45. The fourth-order valence-electron chi connectivity index (χ4n) is 1.99. The van der Waals surface area contributed by atoms with Crippen LogP contribution < -0.4 is 5.32 Å². The summed E-state index contributed by atoms with van der Waals surface area (Å²) in [6.07, 6.45) is 1.72. The number of benzene rings is 1. The number of tetrazole rings is 1. The molecule has 3 aromatic rings. The van der Waals surface area contributed by atoms with Gasteiger partial charge in [-0.1, -0.05) is 35.5 Å². The molecule has 7 nitrogen and oxygen atoms in total. The van der Waals surface area contributed by atoms with Crippen LogP contribution in [0.4, 0.5) is 5.69 Å². The molecule has 0 fully saturated rings. The van der Waals surface area contributed by atoms with Gasteiger partial charge in [-0.25, -0.2) is 4.98 Å². The average molecular weight is 361 g/mol. The highest BCUT2D eigenvalue weighted by atomic mass is 35.5. The van der Waals surface area contributed by atoms with Gasteiger partial charge in [-0.05, 0) is 40.3 Å². The summed E-state index contributed by atoms with van der Waals surface area (Å²) in [5.74, 6) is 0.532. The maximum atomic E-state index is 11.2. The standard InChI is InChI=1S/C15H13ClN6OS/c1-10(23)18-12-3-2-4-13(7-12)22-15(19-20-21-22)24-9-11-5-6-14(16)17-8-11/h2-8H,9H2,1H3,(H,18,23). The Morgan fingerprint density at radius 3 is 2.96 bits per heavy atom. The van der Waals surface area contributed by atoms with Crippen molar-refractivity contribution in [2.45, 2.75) is 17.8 Å². The molecule has 1 N–H and O–H groups in total. The molecule has 2 aromatic heterocycles. The van der Waals surface area contributed by atoms with Crippen LogP contribution in [-0.4, -0.2) is 31.1 Å². The molecule has 0 saturated heterocycles. The first kappa shape index (κ1) is 16.4. The zero-order chi connectivity index (χ0) is 16.9. The Morgan fingerprint density at radius 1 is 1.33 bits per heavy atom. The average Bonchev–Trinajstić information content (AvgIpc) is 3.02. The molecule has 0 aliphatic heterocycles. The summed E-state index contributed by atoms with van der Waals surface area (Å²) < 4.78 is 1.62. The van der Waals surface area contributed by atoms with Gasteiger partial charge in [0.25, 0.3) is 0 Å². The van der Waals surface area contributed by atoms with Crippen LogP contribution in [0.2, 0.25) is 5.15 Å². The number of rotatable bonds is 5. The van der Waals surface area contributed by atoms with Crippen LogP contribution >= 0.6 is 23.4 Å². The Morgan fingerprint density at radius 2 is 2.21 bits per heavy atom. The molecule has 0 saturated carbocycles. The van der Waals surface area contributed by atoms with Crippen LogP contribution in [0.15, 0.2) is 47.8 Å². The topological polar surface area (TPSA) is 85.6 Å². The third kappa shape index (κ3) is 4.09. The Labute approximate surface area is 147 Å². The SMILES string of the molecule is CC(=O)Nc1cccc(-n2nnnc2SCc2ccc(Cl)nc2)c1. The number of halogens is 1. The Bertz CT molecular complexity index is 851. The molecule has 0 unspecified atom stereocenters. The molecule has 24 heavy (non-hydrogen) atoms. The monoisotopic (exact) mass is 360 g/mol. The molecule has 3 rings (SSSR count). The van der Waals surface area contributed by atoms with Gasteiger partial charge in [-0.15, -0.1) is 5.10 Å². The van der Waals surface area contributed by atoms with Crippen molar-refractivity contribution in [3.63, 3.8) is 0 Å². The number of hydrogen-bond donors (Lipinski definition) is 1. The number of nitrogens with zero attached hydrogens (tertiary/aromatic N) is 5. The summed E-state index contributed by atoms with van der Waals surface area (Å²) in [6.45, 7) is 1.46. The van der Waals surface area contributed by atoms with Gasteiger partial charge in [0.1, 0.15) is 5.15 Å². The van der Waals surface area contributed by atoms with Crippen LogP contribution in [0, 0.1) is 0 Å². The molecular formula is C15H13ClN6OS. The van der Waals surface area contributed by atoms with Crippen molar-refractivity contribution in [3.05, 3.63) is 53.3 Å². The lowest BCUT2D eigenvalue weighted by molar-refractivity contribution is -0.114. The van der Waals surface area contributed by atoms with Crippen LogP contribution in [-0.2, 0) is 10.5 Å². The number of amides is 1. The van der Waals surface area contributed by atoms with Gasteiger partial charge >= 0.3 is 0 Å². The first-order valence-corrected chi connectivity index (χ1v) is 8.38. The maximum absolute atomic E-state index is 11.2. The second-order valence-corrected chi connectivity index (χ2v) is 6.21. The lowest BCUT2D eigenvalue weighted by atomic mass is 10.3. The van der Waals surface area contributed by atoms with Crippen molar-refractivity contribution >= 4 is 35.0 Å². The lowest BCUT2D eigenvalue weighted by Gasteiger charge is -2.07. The van der Waals surface area contributed by atoms with Crippen LogP contribution in [0.1, 0.15) is 12.5 Å². The largest absolute Gasteiger partial charge is 0.326 e. The lowest BCUT2D eigenvalue weighted by Crippen LogP contribution is -2.07. The molecule has 1 amide bonds. The second kappa shape index (κ2) is 7.41. The van der Waals surface area contributed by atoms with E-state index in [9.17, 15) is 4.79 Å². The fourth-order valence-corrected chi connectivity index (χ4v) is 2.93. The minimum Gasteiger partial charge on any atom is -0.326 e. The minimum atomic E-state index is -0.131. The van der Waals surface area contributed by atoms with E-state index in [2.05, 4.69) is 25.8 Å². The highest BCUT2D eigenvalue weighted by Gasteiger charge is 2.10. The van der Waals surface area contributed by atoms with Gasteiger partial charge in [0.05, 0.1) is 5.69 Å². The number of anilines is 1. The molecule has 122 valence electrons. The smallest absolute Gasteiger partial charge is 0.221 e. The zero-order valence-corrected chi connectivity index (χ0v) is 14.3. The van der Waals surface area contributed by atoms with E-state index < -0.39 is 0 Å². The van der Waals surface area contributed by atoms with Gasteiger partial charge in [-0.2, -0.15) is 4.68 Å². The first-order valence-electron chi connectivity index (χ1n) is 7.01. The summed E-state index contributed by atoms with van der Waals surface area (Å²) >= 11 is 7.27. The minimum absolute atomic E-state index is 0.131. The number of thioether (sulfide) groups is 1. The fraction of sp³-hybridized carbons (Fsp3) is 0.133. The van der Waals surface area contributed by atoms with Gasteiger partial charge < -0.3 is 5.32 Å². The van der Waals surface area contributed by atoms with Gasteiger partial charge in [0, 0.05) is 24.6 Å². The third-order valence-corrected chi connectivity index (χ3v) is 4.22. The van der Waals surface area contributed by atoms with Crippen LogP contribution in [0.25, 0.3) is 5.69 Å². The van der Waals surface area contributed by atoms with Gasteiger partial charge in [-0.3, -0.25) is 4.79 Å². The third-order valence-electron chi connectivity index (χ3n) is 3.01. The van der Waals surface area contributed by atoms with Crippen molar-refractivity contribution in [1.82, 2.24) is 25.2 Å². The number of aromatic nitrogens is 5. The first-order chi connectivity index (χ1) is 11.6. The van der Waals surface area contributed by atoms with Crippen molar-refractivity contribution in [1.29, 1.82) is 0 Å². The van der Waals surface area contributed by atoms with E-state index in [0.29, 0.717) is 21.7 Å². The maximum Gasteiger partial charge on any atom is 0.221 e. The quantitative estimate of drug-likeness (QED) is 0.556. The molecule has 0 radical (unpaired) electrons. The van der Waals surface area contributed by atoms with E-state index in [1.54, 1.807) is 23.0 Å². The number of hydrogen-bond acceptors (Lipinski definition) is 6. The van der Waals surface area contributed by atoms with E-state index in [4.69, 9.17) is 11.6 Å². The van der Waals surface area contributed by atoms with E-state index in [-0.39, 0.29) is 5.91 Å². The molecule has 9 heteroatoms. The molecule has 0 aliphatic rings. The Balaban J connectivity index is 1.77. The van der Waals surface area contributed by atoms with Crippen LogP contribution in [0.5, 0.6) is 0 Å². The van der Waals surface area contributed by atoms with E-state index in [0.717, 1.165) is 11.3 Å². The normalized spacial score (nSPS) is 10.6. The Kier molecular flexibility index (Phi) is 5.07.